The molecule has 4 nitrogen and oxygen atoms in total. The number of hydrogen-bond acceptors (Lipinski definition) is 4. The predicted molar refractivity (Wildman–Crippen MR) is 95.6 cm³/mol. The minimum atomic E-state index is -4.45. The Labute approximate surface area is 152 Å². The van der Waals surface area contributed by atoms with Crippen LogP contribution < -0.4 is 5.32 Å². The van der Waals surface area contributed by atoms with Gasteiger partial charge in [0.2, 0.25) is 9.84 Å². The highest BCUT2D eigenvalue weighted by atomic mass is 32.2. The van der Waals surface area contributed by atoms with E-state index in [-0.39, 0.29) is 22.1 Å². The van der Waals surface area contributed by atoms with Gasteiger partial charge in [0.05, 0.1) is 12.1 Å². The highest BCUT2D eigenvalue weighted by Crippen LogP contribution is 2.43. The highest BCUT2D eigenvalue weighted by molar-refractivity contribution is 7.95. The number of fused-ring (bicyclic) bond motifs is 1. The standard InChI is InChI=1S/C18H23F3N2O2S/c1-23(2)14-8-6-13(7-9-14)22-16-5-3-4-15-12(10-18(19,20)21)11-26(24,25)17(15)16/h3-5,11,13-14,22H,6-10H2,1-2H3. The van der Waals surface area contributed by atoms with Crippen LogP contribution in [0.25, 0.3) is 5.57 Å². The van der Waals surface area contributed by atoms with Gasteiger partial charge in [-0.2, -0.15) is 13.2 Å². The van der Waals surface area contributed by atoms with Crippen molar-refractivity contribution in [1.29, 1.82) is 0 Å². The van der Waals surface area contributed by atoms with Gasteiger partial charge in [-0.15, -0.1) is 0 Å². The average molecular weight is 388 g/mol. The molecule has 1 saturated carbocycles. The fourth-order valence-electron chi connectivity index (χ4n) is 3.83. The normalized spacial score (nSPS) is 25.1. The molecule has 8 heteroatoms. The van der Waals surface area contributed by atoms with Crippen LogP contribution in [-0.4, -0.2) is 45.7 Å². The molecular formula is C18H23F3N2O2S. The molecule has 1 aromatic rings. The smallest absolute Gasteiger partial charge is 0.381 e. The summed E-state index contributed by atoms with van der Waals surface area (Å²) in [5.74, 6) is 0. The Bertz CT molecular complexity index is 808. The predicted octanol–water partition coefficient (Wildman–Crippen LogP) is 4.05. The third-order valence-electron chi connectivity index (χ3n) is 5.12. The van der Waals surface area contributed by atoms with Crippen LogP contribution in [0.15, 0.2) is 28.5 Å². The largest absolute Gasteiger partial charge is 0.393 e. The monoisotopic (exact) mass is 388 g/mol. The number of sulfone groups is 1. The molecule has 2 aliphatic rings. The first-order chi connectivity index (χ1) is 12.1. The van der Waals surface area contributed by atoms with E-state index in [1.54, 1.807) is 12.1 Å². The summed E-state index contributed by atoms with van der Waals surface area (Å²) in [5, 5.41) is 4.03. The zero-order valence-corrected chi connectivity index (χ0v) is 15.6. The van der Waals surface area contributed by atoms with Crippen molar-refractivity contribution in [2.75, 3.05) is 19.4 Å². The van der Waals surface area contributed by atoms with Crippen LogP contribution in [-0.2, 0) is 9.84 Å². The molecule has 0 atom stereocenters. The second-order valence-electron chi connectivity index (χ2n) is 7.28. The number of nitrogens with one attached hydrogen (secondary N) is 1. The van der Waals surface area contributed by atoms with Gasteiger partial charge in [0.25, 0.3) is 0 Å². The van der Waals surface area contributed by atoms with Crippen LogP contribution in [0.3, 0.4) is 0 Å². The van der Waals surface area contributed by atoms with Crippen molar-refractivity contribution in [2.24, 2.45) is 0 Å². The van der Waals surface area contributed by atoms with Gasteiger partial charge in [0.15, 0.2) is 0 Å². The van der Waals surface area contributed by atoms with Crippen molar-refractivity contribution >= 4 is 21.1 Å². The molecule has 0 amide bonds. The lowest BCUT2D eigenvalue weighted by molar-refractivity contribution is -0.122. The van der Waals surface area contributed by atoms with E-state index in [1.165, 1.54) is 6.07 Å². The molecule has 1 aliphatic carbocycles. The molecule has 0 radical (unpaired) electrons. The number of benzene rings is 1. The van der Waals surface area contributed by atoms with E-state index in [2.05, 4.69) is 10.2 Å². The van der Waals surface area contributed by atoms with Crippen molar-refractivity contribution < 1.29 is 21.6 Å². The molecule has 144 valence electrons. The van der Waals surface area contributed by atoms with Crippen molar-refractivity contribution in [3.05, 3.63) is 29.2 Å². The van der Waals surface area contributed by atoms with Gasteiger partial charge >= 0.3 is 6.18 Å². The minimum absolute atomic E-state index is 0.0195. The third kappa shape index (κ3) is 4.06. The Morgan fingerprint density at radius 2 is 1.81 bits per heavy atom. The zero-order chi connectivity index (χ0) is 19.1. The summed E-state index contributed by atoms with van der Waals surface area (Å²) in [5.41, 5.74) is 0.381. The number of rotatable bonds is 4. The molecule has 1 aliphatic heterocycles. The van der Waals surface area contributed by atoms with Gasteiger partial charge in [0, 0.05) is 17.5 Å². The maximum Gasteiger partial charge on any atom is 0.393 e. The van der Waals surface area contributed by atoms with E-state index in [0.717, 1.165) is 31.1 Å². The second kappa shape index (κ2) is 6.88. The lowest BCUT2D eigenvalue weighted by Crippen LogP contribution is -2.36. The Hall–Kier alpha value is -1.54. The summed E-state index contributed by atoms with van der Waals surface area (Å²) >= 11 is 0. The fourth-order valence-corrected chi connectivity index (χ4v) is 5.47. The highest BCUT2D eigenvalue weighted by Gasteiger charge is 2.37. The maximum absolute atomic E-state index is 12.8. The van der Waals surface area contributed by atoms with Gasteiger partial charge < -0.3 is 10.2 Å². The van der Waals surface area contributed by atoms with Crippen molar-refractivity contribution in [3.63, 3.8) is 0 Å². The van der Waals surface area contributed by atoms with Crippen molar-refractivity contribution in [2.45, 2.75) is 55.3 Å². The molecular weight excluding hydrogens is 365 g/mol. The summed E-state index contributed by atoms with van der Waals surface area (Å²) in [7, 11) is 0.224. The van der Waals surface area contributed by atoms with E-state index in [1.807, 2.05) is 14.1 Å². The number of nitrogens with zero attached hydrogens (tertiary/aromatic N) is 1. The summed E-state index contributed by atoms with van der Waals surface area (Å²) in [6, 6.07) is 5.33. The number of alkyl halides is 3. The Morgan fingerprint density at radius 1 is 1.15 bits per heavy atom. The summed E-state index contributed by atoms with van der Waals surface area (Å²) in [6.45, 7) is 0. The van der Waals surface area contributed by atoms with Crippen LogP contribution in [0, 0.1) is 0 Å². The maximum atomic E-state index is 12.8. The van der Waals surface area contributed by atoms with E-state index in [9.17, 15) is 21.6 Å². The number of hydrogen-bond donors (Lipinski definition) is 1. The van der Waals surface area contributed by atoms with E-state index in [0.29, 0.717) is 11.7 Å². The second-order valence-corrected chi connectivity index (χ2v) is 9.01. The molecule has 1 heterocycles. The number of halogens is 3. The van der Waals surface area contributed by atoms with Crippen LogP contribution in [0.4, 0.5) is 18.9 Å². The quantitative estimate of drug-likeness (QED) is 0.845. The summed E-state index contributed by atoms with van der Waals surface area (Å²) in [4.78, 5) is 2.17. The molecule has 0 bridgehead atoms. The van der Waals surface area contributed by atoms with E-state index < -0.39 is 22.4 Å². The Morgan fingerprint density at radius 3 is 2.38 bits per heavy atom. The van der Waals surface area contributed by atoms with Gasteiger partial charge in [-0.3, -0.25) is 0 Å². The van der Waals surface area contributed by atoms with Crippen LogP contribution in [0.2, 0.25) is 0 Å². The van der Waals surface area contributed by atoms with Crippen LogP contribution in [0.1, 0.15) is 37.7 Å². The molecule has 1 fully saturated rings. The summed E-state index contributed by atoms with van der Waals surface area (Å²) < 4.78 is 63.2. The molecule has 0 unspecified atom stereocenters. The molecule has 26 heavy (non-hydrogen) atoms. The lowest BCUT2D eigenvalue weighted by atomic mass is 9.90. The molecule has 1 N–H and O–H groups in total. The molecule has 1 aromatic carbocycles. The van der Waals surface area contributed by atoms with Gasteiger partial charge in [-0.05, 0) is 57.0 Å². The van der Waals surface area contributed by atoms with Crippen molar-refractivity contribution in [3.8, 4) is 0 Å². The van der Waals surface area contributed by atoms with Crippen LogP contribution >= 0.6 is 0 Å². The first kappa shape index (κ1) is 19.2. The molecule has 0 spiro atoms. The van der Waals surface area contributed by atoms with Gasteiger partial charge in [-0.25, -0.2) is 8.42 Å². The van der Waals surface area contributed by atoms with E-state index in [4.69, 9.17) is 0 Å². The fraction of sp³-hybridized carbons (Fsp3) is 0.556. The first-order valence-corrected chi connectivity index (χ1v) is 10.2. The minimum Gasteiger partial charge on any atom is -0.381 e. The number of allylic oxidation sites excluding steroid dienone is 1. The van der Waals surface area contributed by atoms with Crippen molar-refractivity contribution in [1.82, 2.24) is 4.90 Å². The molecule has 0 saturated heterocycles. The summed E-state index contributed by atoms with van der Waals surface area (Å²) in [6.07, 6.45) is -1.88. The SMILES string of the molecule is CN(C)C1CCC(Nc2cccc3c2S(=O)(=O)C=C3CC(F)(F)F)CC1. The topological polar surface area (TPSA) is 49.4 Å². The lowest BCUT2D eigenvalue weighted by Gasteiger charge is -2.33. The third-order valence-corrected chi connectivity index (χ3v) is 6.72. The Kier molecular flexibility index (Phi) is 5.09. The first-order valence-electron chi connectivity index (χ1n) is 8.65. The number of anilines is 1. The average Bonchev–Trinajstić information content (AvgIpc) is 2.77. The van der Waals surface area contributed by atoms with Crippen LogP contribution in [0.5, 0.6) is 0 Å². The van der Waals surface area contributed by atoms with Gasteiger partial charge in [0.1, 0.15) is 4.90 Å². The molecule has 3 rings (SSSR count). The molecule has 0 aromatic heterocycles. The zero-order valence-electron chi connectivity index (χ0n) is 14.8. The van der Waals surface area contributed by atoms with E-state index >= 15 is 0 Å². The van der Waals surface area contributed by atoms with Gasteiger partial charge in [-0.1, -0.05) is 12.1 Å². The Balaban J connectivity index is 1.83.